The third-order valence-corrected chi connectivity index (χ3v) is 5.93. The first-order valence-corrected chi connectivity index (χ1v) is 11.1. The van der Waals surface area contributed by atoms with E-state index in [1.807, 2.05) is 61.5 Å². The number of hydrogen-bond donors (Lipinski definition) is 0. The van der Waals surface area contributed by atoms with Crippen LogP contribution in [0.25, 0.3) is 0 Å². The van der Waals surface area contributed by atoms with Gasteiger partial charge in [0.2, 0.25) is 0 Å². The standard InChI is InChI=1S/C24H26Cl2N4O3/c1-16-22(23(26)30(27-16)14-18-7-5-6-8-20(18)25)24(32)33-15-21(31)29(4)13-17-9-11-19(12-10-17)28(2)3/h5-12H,13-15H2,1-4H3. The van der Waals surface area contributed by atoms with Crippen LogP contribution in [0.15, 0.2) is 48.5 Å². The third kappa shape index (κ3) is 6.06. The van der Waals surface area contributed by atoms with Crippen molar-refractivity contribution >= 4 is 40.8 Å². The van der Waals surface area contributed by atoms with E-state index in [4.69, 9.17) is 27.9 Å². The van der Waals surface area contributed by atoms with Crippen LogP contribution in [0.2, 0.25) is 10.2 Å². The van der Waals surface area contributed by atoms with E-state index in [2.05, 4.69) is 5.10 Å². The Bertz CT molecular complexity index is 1140. The lowest BCUT2D eigenvalue weighted by molar-refractivity contribution is -0.133. The number of carbonyl (C=O) groups is 2. The minimum Gasteiger partial charge on any atom is -0.452 e. The van der Waals surface area contributed by atoms with E-state index in [1.165, 1.54) is 9.58 Å². The highest BCUT2D eigenvalue weighted by Crippen LogP contribution is 2.24. The summed E-state index contributed by atoms with van der Waals surface area (Å²) in [7, 11) is 5.59. The Morgan fingerprint density at radius 1 is 1.03 bits per heavy atom. The van der Waals surface area contributed by atoms with E-state index in [0.717, 1.165) is 16.8 Å². The number of likely N-dealkylation sites (N-methyl/N-ethyl adjacent to an activating group) is 1. The fourth-order valence-corrected chi connectivity index (χ4v) is 3.76. The molecule has 2 aromatic carbocycles. The minimum absolute atomic E-state index is 0.137. The Labute approximate surface area is 203 Å². The van der Waals surface area contributed by atoms with Crippen LogP contribution in [0, 0.1) is 6.92 Å². The van der Waals surface area contributed by atoms with Crippen LogP contribution in [0.1, 0.15) is 27.2 Å². The summed E-state index contributed by atoms with van der Waals surface area (Å²) in [6.45, 7) is 1.98. The van der Waals surface area contributed by atoms with E-state index in [-0.39, 0.29) is 16.6 Å². The quantitative estimate of drug-likeness (QED) is 0.438. The molecule has 0 aliphatic heterocycles. The van der Waals surface area contributed by atoms with Crippen molar-refractivity contribution in [3.63, 3.8) is 0 Å². The summed E-state index contributed by atoms with van der Waals surface area (Å²) in [5.74, 6) is -1.02. The van der Waals surface area contributed by atoms with Crippen molar-refractivity contribution in [3.05, 3.63) is 81.1 Å². The number of ether oxygens (including phenoxy) is 1. The smallest absolute Gasteiger partial charge is 0.343 e. The Morgan fingerprint density at radius 2 is 1.70 bits per heavy atom. The van der Waals surface area contributed by atoms with Gasteiger partial charge in [-0.25, -0.2) is 9.48 Å². The largest absolute Gasteiger partial charge is 0.452 e. The van der Waals surface area contributed by atoms with Crippen LogP contribution < -0.4 is 4.90 Å². The van der Waals surface area contributed by atoms with E-state index >= 15 is 0 Å². The Balaban J connectivity index is 1.60. The summed E-state index contributed by atoms with van der Waals surface area (Å²) in [6, 6.07) is 15.2. The summed E-state index contributed by atoms with van der Waals surface area (Å²) in [6.07, 6.45) is 0. The second-order valence-electron chi connectivity index (χ2n) is 7.89. The number of amides is 1. The molecule has 1 amide bonds. The molecule has 0 atom stereocenters. The maximum Gasteiger partial charge on any atom is 0.343 e. The number of nitrogens with zero attached hydrogens (tertiary/aromatic N) is 4. The number of hydrogen-bond acceptors (Lipinski definition) is 5. The lowest BCUT2D eigenvalue weighted by atomic mass is 10.2. The molecule has 0 spiro atoms. The highest BCUT2D eigenvalue weighted by atomic mass is 35.5. The zero-order valence-corrected chi connectivity index (χ0v) is 20.5. The van der Waals surface area contributed by atoms with Crippen molar-refractivity contribution in [1.29, 1.82) is 0 Å². The van der Waals surface area contributed by atoms with Gasteiger partial charge >= 0.3 is 5.97 Å². The predicted molar refractivity (Wildman–Crippen MR) is 130 cm³/mol. The fourth-order valence-electron chi connectivity index (χ4n) is 3.25. The lowest BCUT2D eigenvalue weighted by Crippen LogP contribution is -2.31. The van der Waals surface area contributed by atoms with Gasteiger partial charge in [0.05, 0.1) is 12.2 Å². The monoisotopic (exact) mass is 488 g/mol. The van der Waals surface area contributed by atoms with Gasteiger partial charge in [-0.15, -0.1) is 0 Å². The van der Waals surface area contributed by atoms with Gasteiger partial charge in [-0.2, -0.15) is 5.10 Å². The van der Waals surface area contributed by atoms with Gasteiger partial charge in [0.15, 0.2) is 6.61 Å². The summed E-state index contributed by atoms with van der Waals surface area (Å²) >= 11 is 12.6. The van der Waals surface area contributed by atoms with Crippen LogP contribution in [-0.4, -0.2) is 54.3 Å². The van der Waals surface area contributed by atoms with Gasteiger partial charge in [0.25, 0.3) is 5.91 Å². The number of rotatable bonds is 8. The molecule has 0 bridgehead atoms. The molecule has 0 saturated carbocycles. The molecule has 0 radical (unpaired) electrons. The molecule has 174 valence electrons. The first kappa shape index (κ1) is 24.6. The Kier molecular flexibility index (Phi) is 8.00. The molecule has 7 nitrogen and oxygen atoms in total. The first-order valence-electron chi connectivity index (χ1n) is 10.3. The van der Waals surface area contributed by atoms with Gasteiger partial charge in [0.1, 0.15) is 10.7 Å². The van der Waals surface area contributed by atoms with Crippen molar-refractivity contribution in [1.82, 2.24) is 14.7 Å². The molecule has 1 aromatic heterocycles. The van der Waals surface area contributed by atoms with E-state index in [0.29, 0.717) is 23.8 Å². The molecule has 3 rings (SSSR count). The van der Waals surface area contributed by atoms with Crippen molar-refractivity contribution in [3.8, 4) is 0 Å². The third-order valence-electron chi connectivity index (χ3n) is 5.17. The molecule has 0 aliphatic carbocycles. The second-order valence-corrected chi connectivity index (χ2v) is 8.65. The van der Waals surface area contributed by atoms with Crippen LogP contribution in [0.3, 0.4) is 0 Å². The summed E-state index contributed by atoms with van der Waals surface area (Å²) in [5.41, 5.74) is 3.42. The molecular weight excluding hydrogens is 463 g/mol. The number of aromatic nitrogens is 2. The van der Waals surface area contributed by atoms with Crippen LogP contribution in [-0.2, 0) is 22.6 Å². The van der Waals surface area contributed by atoms with Gasteiger partial charge < -0.3 is 14.5 Å². The van der Waals surface area contributed by atoms with Gasteiger partial charge in [0, 0.05) is 38.4 Å². The highest BCUT2D eigenvalue weighted by molar-refractivity contribution is 6.33. The molecule has 9 heteroatoms. The molecule has 0 saturated heterocycles. The lowest BCUT2D eigenvalue weighted by Gasteiger charge is -2.18. The van der Waals surface area contributed by atoms with Crippen LogP contribution in [0.4, 0.5) is 5.69 Å². The normalized spacial score (nSPS) is 10.7. The SMILES string of the molecule is Cc1nn(Cc2ccccc2Cl)c(Cl)c1C(=O)OCC(=O)N(C)Cc1ccc(N(C)C)cc1. The number of halogens is 2. The van der Waals surface area contributed by atoms with Gasteiger partial charge in [-0.1, -0.05) is 53.5 Å². The Morgan fingerprint density at radius 3 is 2.33 bits per heavy atom. The predicted octanol–water partition coefficient (Wildman–Crippen LogP) is 4.43. The number of aryl methyl sites for hydroxylation is 1. The van der Waals surface area contributed by atoms with Gasteiger partial charge in [-0.3, -0.25) is 4.79 Å². The van der Waals surface area contributed by atoms with Crippen molar-refractivity contribution in [2.24, 2.45) is 0 Å². The molecule has 0 N–H and O–H groups in total. The molecule has 3 aromatic rings. The zero-order chi connectivity index (χ0) is 24.1. The molecule has 0 unspecified atom stereocenters. The molecule has 0 aliphatic rings. The fraction of sp³-hybridized carbons (Fsp3) is 0.292. The Hall–Kier alpha value is -3.03. The van der Waals surface area contributed by atoms with E-state index in [1.54, 1.807) is 20.0 Å². The number of benzene rings is 2. The van der Waals surface area contributed by atoms with Crippen LogP contribution in [0.5, 0.6) is 0 Å². The van der Waals surface area contributed by atoms with Crippen LogP contribution >= 0.6 is 23.2 Å². The summed E-state index contributed by atoms with van der Waals surface area (Å²) in [5, 5.41) is 5.05. The molecular formula is C24H26Cl2N4O3. The highest BCUT2D eigenvalue weighted by Gasteiger charge is 2.23. The maximum atomic E-state index is 12.6. The molecule has 1 heterocycles. The van der Waals surface area contributed by atoms with Crippen molar-refractivity contribution in [2.45, 2.75) is 20.0 Å². The maximum absolute atomic E-state index is 12.6. The van der Waals surface area contributed by atoms with Crippen molar-refractivity contribution in [2.75, 3.05) is 32.6 Å². The summed E-state index contributed by atoms with van der Waals surface area (Å²) < 4.78 is 6.73. The first-order chi connectivity index (χ1) is 15.7. The molecule has 33 heavy (non-hydrogen) atoms. The average molecular weight is 489 g/mol. The topological polar surface area (TPSA) is 67.7 Å². The van der Waals surface area contributed by atoms with E-state index in [9.17, 15) is 9.59 Å². The minimum atomic E-state index is -0.694. The number of anilines is 1. The molecule has 0 fully saturated rings. The number of esters is 1. The van der Waals surface area contributed by atoms with Gasteiger partial charge in [-0.05, 0) is 36.2 Å². The zero-order valence-electron chi connectivity index (χ0n) is 19.0. The number of carbonyl (C=O) groups excluding carboxylic acids is 2. The van der Waals surface area contributed by atoms with E-state index < -0.39 is 12.6 Å². The summed E-state index contributed by atoms with van der Waals surface area (Å²) in [4.78, 5) is 28.6. The van der Waals surface area contributed by atoms with Crippen molar-refractivity contribution < 1.29 is 14.3 Å². The second kappa shape index (κ2) is 10.7. The average Bonchev–Trinajstić information content (AvgIpc) is 3.06.